The molecule has 0 aromatic carbocycles. The maximum Gasteiger partial charge on any atom is 0.411 e. The average molecular weight is 249 g/mol. The topological polar surface area (TPSA) is 61.0 Å². The van der Waals surface area contributed by atoms with E-state index in [-0.39, 0.29) is 13.0 Å². The fourth-order valence-electron chi connectivity index (χ4n) is 1.21. The van der Waals surface area contributed by atoms with Crippen LogP contribution in [0.3, 0.4) is 0 Å². The SMILES string of the molecule is Cc1nc(CCOCC(F)(F)F)ncc1CN. The molecule has 0 spiro atoms. The molecule has 2 N–H and O–H groups in total. The predicted molar refractivity (Wildman–Crippen MR) is 55.2 cm³/mol. The van der Waals surface area contributed by atoms with Crippen LogP contribution in [0.25, 0.3) is 0 Å². The van der Waals surface area contributed by atoms with Crippen LogP contribution in [0.4, 0.5) is 13.2 Å². The van der Waals surface area contributed by atoms with Crippen LogP contribution >= 0.6 is 0 Å². The van der Waals surface area contributed by atoms with E-state index in [1.165, 1.54) is 0 Å². The van der Waals surface area contributed by atoms with Gasteiger partial charge in [-0.2, -0.15) is 13.2 Å². The Balaban J connectivity index is 2.40. The first-order chi connectivity index (χ1) is 7.92. The van der Waals surface area contributed by atoms with Crippen molar-refractivity contribution in [3.05, 3.63) is 23.3 Å². The van der Waals surface area contributed by atoms with Gasteiger partial charge < -0.3 is 10.5 Å². The molecule has 17 heavy (non-hydrogen) atoms. The summed E-state index contributed by atoms with van der Waals surface area (Å²) in [6, 6.07) is 0. The Labute approximate surface area is 97.0 Å². The molecular weight excluding hydrogens is 235 g/mol. The number of nitrogens with two attached hydrogens (primary N) is 1. The molecule has 1 heterocycles. The Morgan fingerprint density at radius 1 is 1.41 bits per heavy atom. The smallest absolute Gasteiger partial charge is 0.372 e. The number of ether oxygens (including phenoxy) is 1. The second-order valence-corrected chi connectivity index (χ2v) is 3.52. The third-order valence-electron chi connectivity index (χ3n) is 2.09. The minimum Gasteiger partial charge on any atom is -0.372 e. The lowest BCUT2D eigenvalue weighted by Crippen LogP contribution is -2.18. The van der Waals surface area contributed by atoms with Gasteiger partial charge in [-0.1, -0.05) is 0 Å². The summed E-state index contributed by atoms with van der Waals surface area (Å²) in [6.45, 7) is 0.828. The highest BCUT2D eigenvalue weighted by Crippen LogP contribution is 2.14. The van der Waals surface area contributed by atoms with Crippen LogP contribution in [0.15, 0.2) is 6.20 Å². The molecule has 96 valence electrons. The van der Waals surface area contributed by atoms with Crippen LogP contribution < -0.4 is 5.73 Å². The Morgan fingerprint density at radius 2 is 2.12 bits per heavy atom. The molecule has 4 nitrogen and oxygen atoms in total. The molecule has 0 bridgehead atoms. The van der Waals surface area contributed by atoms with E-state index in [1.807, 2.05) is 0 Å². The van der Waals surface area contributed by atoms with Crippen molar-refractivity contribution >= 4 is 0 Å². The zero-order valence-corrected chi connectivity index (χ0v) is 9.42. The van der Waals surface area contributed by atoms with E-state index in [2.05, 4.69) is 14.7 Å². The summed E-state index contributed by atoms with van der Waals surface area (Å²) in [6.07, 6.45) is -2.45. The fraction of sp³-hybridized carbons (Fsp3) is 0.600. The van der Waals surface area contributed by atoms with Crippen LogP contribution in [-0.4, -0.2) is 29.4 Å². The molecule has 0 saturated heterocycles. The maximum atomic E-state index is 11.8. The number of nitrogens with zero attached hydrogens (tertiary/aromatic N) is 2. The van der Waals surface area contributed by atoms with E-state index >= 15 is 0 Å². The van der Waals surface area contributed by atoms with Gasteiger partial charge >= 0.3 is 6.18 Å². The first kappa shape index (κ1) is 13.9. The van der Waals surface area contributed by atoms with Crippen molar-refractivity contribution in [1.82, 2.24) is 9.97 Å². The summed E-state index contributed by atoms with van der Waals surface area (Å²) in [5.41, 5.74) is 7.01. The fourth-order valence-corrected chi connectivity index (χ4v) is 1.21. The molecule has 0 unspecified atom stereocenters. The zero-order valence-electron chi connectivity index (χ0n) is 9.42. The van der Waals surface area contributed by atoms with E-state index < -0.39 is 12.8 Å². The Kier molecular flexibility index (Phi) is 4.83. The maximum absolute atomic E-state index is 11.8. The number of rotatable bonds is 5. The molecular formula is C10H14F3N3O. The molecule has 1 aromatic rings. The Morgan fingerprint density at radius 3 is 2.65 bits per heavy atom. The van der Waals surface area contributed by atoms with Crippen LogP contribution in [-0.2, 0) is 17.7 Å². The highest BCUT2D eigenvalue weighted by atomic mass is 19.4. The summed E-state index contributed by atoms with van der Waals surface area (Å²) in [5, 5.41) is 0. The van der Waals surface area contributed by atoms with Crippen molar-refractivity contribution in [2.75, 3.05) is 13.2 Å². The number of aryl methyl sites for hydroxylation is 1. The standard InChI is InChI=1S/C10H14F3N3O/c1-7-8(4-14)5-15-9(16-7)2-3-17-6-10(11,12)13/h5H,2-4,6,14H2,1H3. The van der Waals surface area contributed by atoms with Gasteiger partial charge in [0.1, 0.15) is 12.4 Å². The Bertz CT molecular complexity index is 368. The first-order valence-electron chi connectivity index (χ1n) is 5.08. The van der Waals surface area contributed by atoms with Crippen molar-refractivity contribution in [3.8, 4) is 0 Å². The molecule has 7 heteroatoms. The van der Waals surface area contributed by atoms with Crippen LogP contribution in [0.5, 0.6) is 0 Å². The lowest BCUT2D eigenvalue weighted by Gasteiger charge is -2.08. The van der Waals surface area contributed by atoms with Gasteiger partial charge in [0, 0.05) is 30.4 Å². The second kappa shape index (κ2) is 5.92. The summed E-state index contributed by atoms with van der Waals surface area (Å²) < 4.78 is 39.8. The average Bonchev–Trinajstić information content (AvgIpc) is 2.23. The van der Waals surface area contributed by atoms with Gasteiger partial charge in [0.05, 0.1) is 6.61 Å². The van der Waals surface area contributed by atoms with Crippen molar-refractivity contribution in [2.45, 2.75) is 26.1 Å². The van der Waals surface area contributed by atoms with Gasteiger partial charge in [-0.15, -0.1) is 0 Å². The molecule has 0 aliphatic rings. The summed E-state index contributed by atoms with van der Waals surface area (Å²) in [4.78, 5) is 8.12. The number of hydrogen-bond donors (Lipinski definition) is 1. The Hall–Kier alpha value is -1.21. The third kappa shape index (κ3) is 5.10. The lowest BCUT2D eigenvalue weighted by atomic mass is 10.2. The molecule has 0 atom stereocenters. The molecule has 0 amide bonds. The van der Waals surface area contributed by atoms with Crippen molar-refractivity contribution in [3.63, 3.8) is 0 Å². The van der Waals surface area contributed by atoms with E-state index in [1.54, 1.807) is 13.1 Å². The largest absolute Gasteiger partial charge is 0.411 e. The predicted octanol–water partition coefficient (Wildman–Crippen LogP) is 1.37. The van der Waals surface area contributed by atoms with E-state index in [0.29, 0.717) is 12.4 Å². The van der Waals surface area contributed by atoms with Gasteiger partial charge in [0.15, 0.2) is 0 Å². The molecule has 1 rings (SSSR count). The molecule has 0 radical (unpaired) electrons. The normalized spacial score (nSPS) is 11.8. The minimum absolute atomic E-state index is 0.0546. The van der Waals surface area contributed by atoms with Crippen LogP contribution in [0.1, 0.15) is 17.1 Å². The third-order valence-corrected chi connectivity index (χ3v) is 2.09. The second-order valence-electron chi connectivity index (χ2n) is 3.52. The lowest BCUT2D eigenvalue weighted by molar-refractivity contribution is -0.173. The molecule has 0 aliphatic heterocycles. The van der Waals surface area contributed by atoms with Gasteiger partial charge in [0.25, 0.3) is 0 Å². The number of aromatic nitrogens is 2. The van der Waals surface area contributed by atoms with Gasteiger partial charge in [-0.05, 0) is 6.92 Å². The van der Waals surface area contributed by atoms with Crippen LogP contribution in [0.2, 0.25) is 0 Å². The van der Waals surface area contributed by atoms with Crippen molar-refractivity contribution in [1.29, 1.82) is 0 Å². The summed E-state index contributed by atoms with van der Waals surface area (Å²) in [5.74, 6) is 0.460. The molecule has 1 aromatic heterocycles. The van der Waals surface area contributed by atoms with E-state index in [0.717, 1.165) is 11.3 Å². The van der Waals surface area contributed by atoms with E-state index in [4.69, 9.17) is 5.73 Å². The molecule has 0 aliphatic carbocycles. The number of alkyl halides is 3. The van der Waals surface area contributed by atoms with Crippen LogP contribution in [0, 0.1) is 6.92 Å². The van der Waals surface area contributed by atoms with Gasteiger partial charge in [0.2, 0.25) is 0 Å². The summed E-state index contributed by atoms with van der Waals surface area (Å²) >= 11 is 0. The van der Waals surface area contributed by atoms with Gasteiger partial charge in [-0.3, -0.25) is 0 Å². The van der Waals surface area contributed by atoms with Gasteiger partial charge in [-0.25, -0.2) is 9.97 Å². The van der Waals surface area contributed by atoms with Crippen molar-refractivity contribution < 1.29 is 17.9 Å². The van der Waals surface area contributed by atoms with E-state index in [9.17, 15) is 13.2 Å². The van der Waals surface area contributed by atoms with Crippen molar-refractivity contribution in [2.24, 2.45) is 5.73 Å². The molecule has 0 fully saturated rings. The number of halogens is 3. The highest BCUT2D eigenvalue weighted by Gasteiger charge is 2.27. The number of hydrogen-bond acceptors (Lipinski definition) is 4. The minimum atomic E-state index is -4.29. The highest BCUT2D eigenvalue weighted by molar-refractivity contribution is 5.15. The first-order valence-corrected chi connectivity index (χ1v) is 5.08. The zero-order chi connectivity index (χ0) is 12.9. The monoisotopic (exact) mass is 249 g/mol. The summed E-state index contributed by atoms with van der Waals surface area (Å²) in [7, 11) is 0. The quantitative estimate of drug-likeness (QED) is 0.800. The molecule has 0 saturated carbocycles.